The Bertz CT molecular complexity index is 851. The summed E-state index contributed by atoms with van der Waals surface area (Å²) >= 11 is 1.19. The number of sulfonamides is 1. The average molecular weight is 393 g/mol. The number of aromatic nitrogens is 1. The summed E-state index contributed by atoms with van der Waals surface area (Å²) < 4.78 is 31.8. The second kappa shape index (κ2) is 8.17. The van der Waals surface area contributed by atoms with Crippen LogP contribution >= 0.6 is 11.8 Å². The highest BCUT2D eigenvalue weighted by Crippen LogP contribution is 2.34. The van der Waals surface area contributed by atoms with Crippen LogP contribution in [0.3, 0.4) is 0 Å². The first-order valence-electron chi connectivity index (χ1n) is 8.03. The van der Waals surface area contributed by atoms with Gasteiger partial charge in [-0.1, -0.05) is 42.1 Å². The van der Waals surface area contributed by atoms with Crippen molar-refractivity contribution in [3.63, 3.8) is 0 Å². The molecule has 1 aliphatic heterocycles. The normalized spacial score (nSPS) is 16.9. The molecule has 1 aromatic heterocycles. The standard InChI is InChI=1S/C17H19N3O4S2/c18-17(21)16(13-4-2-1-3-5-13)25-15-7-6-14(12-19-15)26(22,23)20-8-10-24-11-9-20/h1-7,12,16H,8-11H2,(H2,18,21). The van der Waals surface area contributed by atoms with Crippen LogP contribution in [0.4, 0.5) is 0 Å². The van der Waals surface area contributed by atoms with Gasteiger partial charge in [0.15, 0.2) is 0 Å². The minimum absolute atomic E-state index is 0.124. The van der Waals surface area contributed by atoms with Gasteiger partial charge in [0.2, 0.25) is 15.9 Å². The fraction of sp³-hybridized carbons (Fsp3) is 0.294. The van der Waals surface area contributed by atoms with E-state index in [0.717, 1.165) is 5.56 Å². The topological polar surface area (TPSA) is 103 Å². The maximum Gasteiger partial charge on any atom is 0.244 e. The molecule has 0 saturated carbocycles. The zero-order valence-corrected chi connectivity index (χ0v) is 15.6. The predicted molar refractivity (Wildman–Crippen MR) is 98.0 cm³/mol. The Kier molecular flexibility index (Phi) is 5.92. The van der Waals surface area contributed by atoms with Gasteiger partial charge in [-0.2, -0.15) is 4.31 Å². The third-order valence-corrected chi connectivity index (χ3v) is 7.02. The fourth-order valence-corrected chi connectivity index (χ4v) is 4.83. The highest BCUT2D eigenvalue weighted by Gasteiger charge is 2.27. The van der Waals surface area contributed by atoms with Crippen LogP contribution < -0.4 is 5.73 Å². The summed E-state index contributed by atoms with van der Waals surface area (Å²) in [7, 11) is -3.59. The van der Waals surface area contributed by atoms with E-state index in [0.29, 0.717) is 31.3 Å². The Hall–Kier alpha value is -1.94. The van der Waals surface area contributed by atoms with Gasteiger partial charge in [0.25, 0.3) is 0 Å². The Morgan fingerprint density at radius 1 is 1.15 bits per heavy atom. The van der Waals surface area contributed by atoms with Crippen LogP contribution in [0.2, 0.25) is 0 Å². The second-order valence-electron chi connectivity index (χ2n) is 5.66. The van der Waals surface area contributed by atoms with Crippen molar-refractivity contribution in [2.45, 2.75) is 15.2 Å². The van der Waals surface area contributed by atoms with Crippen molar-refractivity contribution in [2.24, 2.45) is 5.73 Å². The monoisotopic (exact) mass is 393 g/mol. The van der Waals surface area contributed by atoms with E-state index in [2.05, 4.69) is 4.98 Å². The van der Waals surface area contributed by atoms with Crippen molar-refractivity contribution >= 4 is 27.7 Å². The lowest BCUT2D eigenvalue weighted by atomic mass is 10.1. The lowest BCUT2D eigenvalue weighted by molar-refractivity contribution is -0.117. The zero-order valence-electron chi connectivity index (χ0n) is 13.9. The van der Waals surface area contributed by atoms with Gasteiger partial charge in [-0.25, -0.2) is 13.4 Å². The molecule has 1 amide bonds. The molecule has 7 nitrogen and oxygen atoms in total. The van der Waals surface area contributed by atoms with Gasteiger partial charge >= 0.3 is 0 Å². The molecule has 9 heteroatoms. The third-order valence-electron chi connectivity index (χ3n) is 3.92. The Morgan fingerprint density at radius 2 is 1.85 bits per heavy atom. The SMILES string of the molecule is NC(=O)C(Sc1ccc(S(=O)(=O)N2CCOCC2)cn1)c1ccccc1. The van der Waals surface area contributed by atoms with Crippen molar-refractivity contribution in [3.05, 3.63) is 54.2 Å². The number of morpholine rings is 1. The lowest BCUT2D eigenvalue weighted by Gasteiger charge is -2.25. The number of amides is 1. The van der Waals surface area contributed by atoms with Gasteiger partial charge in [0.05, 0.1) is 18.2 Å². The molecule has 1 saturated heterocycles. The molecule has 0 radical (unpaired) electrons. The van der Waals surface area contributed by atoms with Crippen molar-refractivity contribution in [1.82, 2.24) is 9.29 Å². The van der Waals surface area contributed by atoms with Crippen LogP contribution in [0.5, 0.6) is 0 Å². The van der Waals surface area contributed by atoms with Gasteiger partial charge in [0.1, 0.15) is 10.1 Å². The van der Waals surface area contributed by atoms with E-state index < -0.39 is 21.2 Å². The first-order valence-corrected chi connectivity index (χ1v) is 10.4. The molecule has 0 aliphatic carbocycles. The Morgan fingerprint density at radius 3 is 2.42 bits per heavy atom. The summed E-state index contributed by atoms with van der Waals surface area (Å²) in [6.07, 6.45) is 1.32. The van der Waals surface area contributed by atoms with Gasteiger partial charge in [0, 0.05) is 19.3 Å². The quantitative estimate of drug-likeness (QED) is 0.745. The van der Waals surface area contributed by atoms with E-state index in [4.69, 9.17) is 10.5 Å². The predicted octanol–water partition coefficient (Wildman–Crippen LogP) is 1.42. The summed E-state index contributed by atoms with van der Waals surface area (Å²) in [5.74, 6) is -0.479. The molecule has 1 atom stereocenters. The van der Waals surface area contributed by atoms with E-state index in [1.807, 2.05) is 30.3 Å². The number of benzene rings is 1. The Balaban J connectivity index is 1.77. The fourth-order valence-electron chi connectivity index (χ4n) is 2.56. The van der Waals surface area contributed by atoms with E-state index in [1.165, 1.54) is 28.3 Å². The van der Waals surface area contributed by atoms with Crippen LogP contribution in [-0.2, 0) is 19.6 Å². The van der Waals surface area contributed by atoms with Gasteiger partial charge < -0.3 is 10.5 Å². The minimum Gasteiger partial charge on any atom is -0.379 e. The van der Waals surface area contributed by atoms with Crippen LogP contribution in [0, 0.1) is 0 Å². The molecule has 1 aromatic carbocycles. The summed E-state index contributed by atoms with van der Waals surface area (Å²) in [5, 5.41) is -0.0658. The third kappa shape index (κ3) is 4.24. The van der Waals surface area contributed by atoms with Crippen molar-refractivity contribution in [3.8, 4) is 0 Å². The summed E-state index contributed by atoms with van der Waals surface area (Å²) in [6, 6.07) is 12.3. The summed E-state index contributed by atoms with van der Waals surface area (Å²) in [4.78, 5) is 16.1. The molecule has 2 heterocycles. The molecule has 1 aliphatic rings. The maximum atomic E-state index is 12.6. The molecular weight excluding hydrogens is 374 g/mol. The van der Waals surface area contributed by atoms with E-state index in [-0.39, 0.29) is 4.90 Å². The Labute approximate surface area is 156 Å². The molecule has 0 bridgehead atoms. The molecule has 2 aromatic rings. The van der Waals surface area contributed by atoms with Crippen molar-refractivity contribution < 1.29 is 17.9 Å². The number of hydrogen-bond acceptors (Lipinski definition) is 6. The number of pyridine rings is 1. The summed E-state index contributed by atoms with van der Waals surface area (Å²) in [5.41, 5.74) is 6.29. The van der Waals surface area contributed by atoms with Crippen LogP contribution in [0.15, 0.2) is 58.6 Å². The van der Waals surface area contributed by atoms with Crippen molar-refractivity contribution in [2.75, 3.05) is 26.3 Å². The molecule has 1 fully saturated rings. The molecule has 26 heavy (non-hydrogen) atoms. The lowest BCUT2D eigenvalue weighted by Crippen LogP contribution is -2.40. The number of nitrogens with two attached hydrogens (primary N) is 1. The number of carbonyl (C=O) groups excluding carboxylic acids is 1. The van der Waals surface area contributed by atoms with Crippen LogP contribution in [0.25, 0.3) is 0 Å². The first kappa shape index (κ1) is 18.8. The zero-order chi connectivity index (χ0) is 18.6. The summed E-state index contributed by atoms with van der Waals surface area (Å²) in [6.45, 7) is 1.43. The van der Waals surface area contributed by atoms with E-state index >= 15 is 0 Å². The average Bonchev–Trinajstić information content (AvgIpc) is 2.67. The molecule has 2 N–H and O–H groups in total. The van der Waals surface area contributed by atoms with Gasteiger partial charge in [-0.05, 0) is 17.7 Å². The highest BCUT2D eigenvalue weighted by molar-refractivity contribution is 8.00. The number of thioether (sulfide) groups is 1. The largest absolute Gasteiger partial charge is 0.379 e. The number of hydrogen-bond donors (Lipinski definition) is 1. The molecule has 0 spiro atoms. The number of primary amides is 1. The maximum absolute atomic E-state index is 12.6. The molecule has 1 unspecified atom stereocenters. The van der Waals surface area contributed by atoms with Crippen LogP contribution in [0.1, 0.15) is 10.8 Å². The number of rotatable bonds is 6. The molecule has 3 rings (SSSR count). The highest BCUT2D eigenvalue weighted by atomic mass is 32.2. The smallest absolute Gasteiger partial charge is 0.244 e. The molecule has 138 valence electrons. The van der Waals surface area contributed by atoms with Gasteiger partial charge in [-0.15, -0.1) is 0 Å². The minimum atomic E-state index is -3.59. The first-order chi connectivity index (χ1) is 12.5. The number of ether oxygens (including phenoxy) is 1. The number of carbonyl (C=O) groups is 1. The molecular formula is C17H19N3O4S2. The second-order valence-corrected chi connectivity index (χ2v) is 8.72. The van der Waals surface area contributed by atoms with Crippen molar-refractivity contribution in [1.29, 1.82) is 0 Å². The van der Waals surface area contributed by atoms with Crippen LogP contribution in [-0.4, -0.2) is 49.9 Å². The van der Waals surface area contributed by atoms with E-state index in [9.17, 15) is 13.2 Å². The van der Waals surface area contributed by atoms with Gasteiger partial charge in [-0.3, -0.25) is 4.79 Å². The van der Waals surface area contributed by atoms with E-state index in [1.54, 1.807) is 6.07 Å². The number of nitrogens with zero attached hydrogens (tertiary/aromatic N) is 2.